The third-order valence-electron chi connectivity index (χ3n) is 3.17. The number of rotatable bonds is 4. The molecule has 0 saturated heterocycles. The van der Waals surface area contributed by atoms with Crippen LogP contribution in [0.4, 0.5) is 8.78 Å². The third-order valence-corrected chi connectivity index (χ3v) is 3.17. The number of oxime groups is 1. The van der Waals surface area contributed by atoms with Crippen LogP contribution in [0.2, 0.25) is 0 Å². The summed E-state index contributed by atoms with van der Waals surface area (Å²) in [6.45, 7) is 0.172. The number of fused-ring (bicyclic) bond motifs is 1. The van der Waals surface area contributed by atoms with Crippen LogP contribution in [-0.4, -0.2) is 11.2 Å². The Morgan fingerprint density at radius 3 is 2.68 bits per heavy atom. The van der Waals surface area contributed by atoms with Gasteiger partial charge in [-0.3, -0.25) is 4.98 Å². The van der Waals surface area contributed by atoms with Crippen molar-refractivity contribution in [3.63, 3.8) is 0 Å². The van der Waals surface area contributed by atoms with E-state index in [9.17, 15) is 8.78 Å². The van der Waals surface area contributed by atoms with Crippen molar-refractivity contribution in [1.82, 2.24) is 4.98 Å². The van der Waals surface area contributed by atoms with Gasteiger partial charge in [0.05, 0.1) is 11.7 Å². The summed E-state index contributed by atoms with van der Waals surface area (Å²) in [4.78, 5) is 9.39. The van der Waals surface area contributed by atoms with Gasteiger partial charge >= 0.3 is 0 Å². The van der Waals surface area contributed by atoms with E-state index < -0.39 is 0 Å². The fourth-order valence-corrected chi connectivity index (χ4v) is 2.07. The van der Waals surface area contributed by atoms with E-state index in [-0.39, 0.29) is 18.2 Å². The lowest BCUT2D eigenvalue weighted by molar-refractivity contribution is 0.133. The average Bonchev–Trinajstić information content (AvgIpc) is 2.55. The largest absolute Gasteiger partial charge is 0.391 e. The second kappa shape index (κ2) is 6.30. The van der Waals surface area contributed by atoms with Crippen LogP contribution in [-0.2, 0) is 11.4 Å². The molecule has 0 bridgehead atoms. The predicted molar refractivity (Wildman–Crippen MR) is 80.5 cm³/mol. The maximum absolute atomic E-state index is 13.7. The van der Waals surface area contributed by atoms with Crippen LogP contribution in [0.3, 0.4) is 0 Å². The highest BCUT2D eigenvalue weighted by Gasteiger charge is 2.06. The quantitative estimate of drug-likeness (QED) is 0.537. The summed E-state index contributed by atoms with van der Waals surface area (Å²) in [6, 6.07) is 12.2. The van der Waals surface area contributed by atoms with Gasteiger partial charge in [-0.2, -0.15) is 0 Å². The molecule has 0 N–H and O–H groups in total. The molecule has 22 heavy (non-hydrogen) atoms. The van der Waals surface area contributed by atoms with Crippen molar-refractivity contribution in [3.05, 3.63) is 77.5 Å². The number of pyridine rings is 1. The van der Waals surface area contributed by atoms with Crippen molar-refractivity contribution in [2.75, 3.05) is 0 Å². The smallest absolute Gasteiger partial charge is 0.144 e. The minimum Gasteiger partial charge on any atom is -0.391 e. The van der Waals surface area contributed by atoms with Crippen LogP contribution in [0.25, 0.3) is 10.9 Å². The molecule has 0 amide bonds. The molecule has 0 unspecified atom stereocenters. The summed E-state index contributed by atoms with van der Waals surface area (Å²) < 4.78 is 26.4. The maximum Gasteiger partial charge on any atom is 0.144 e. The highest BCUT2D eigenvalue weighted by molar-refractivity contribution is 5.82. The molecule has 0 spiro atoms. The van der Waals surface area contributed by atoms with E-state index in [2.05, 4.69) is 10.1 Å². The molecule has 3 rings (SSSR count). The summed E-state index contributed by atoms with van der Waals surface area (Å²) in [6.07, 6.45) is 3.09. The van der Waals surface area contributed by atoms with Gasteiger partial charge in [0.1, 0.15) is 18.2 Å². The Bertz CT molecular complexity index is 817. The second-order valence-electron chi connectivity index (χ2n) is 4.67. The molecule has 0 atom stereocenters. The van der Waals surface area contributed by atoms with E-state index in [0.717, 1.165) is 11.1 Å². The minimum absolute atomic E-state index is 0.172. The van der Waals surface area contributed by atoms with Crippen molar-refractivity contribution in [2.24, 2.45) is 5.16 Å². The maximum atomic E-state index is 13.7. The van der Waals surface area contributed by atoms with Gasteiger partial charge < -0.3 is 4.84 Å². The summed E-state index contributed by atoms with van der Waals surface area (Å²) >= 11 is 0. The standard InChI is InChI=1S/C17H12F2N2O/c18-14-6-3-12(4-7-14)10-21-22-11-13-5-8-16(19)15-2-1-9-20-17(13)15/h1-10H,11H2. The summed E-state index contributed by atoms with van der Waals surface area (Å²) in [5, 5.41) is 4.28. The monoisotopic (exact) mass is 298 g/mol. The van der Waals surface area contributed by atoms with Crippen molar-refractivity contribution in [1.29, 1.82) is 0 Å². The van der Waals surface area contributed by atoms with E-state index in [0.29, 0.717) is 10.9 Å². The SMILES string of the molecule is Fc1ccc(C=NOCc2ccc(F)c3cccnc23)cc1. The molecule has 0 fully saturated rings. The van der Waals surface area contributed by atoms with Gasteiger partial charge in [0.15, 0.2) is 0 Å². The number of aromatic nitrogens is 1. The Morgan fingerprint density at radius 2 is 1.86 bits per heavy atom. The first-order valence-electron chi connectivity index (χ1n) is 6.67. The first-order valence-corrected chi connectivity index (χ1v) is 6.67. The first-order chi connectivity index (χ1) is 10.7. The normalized spacial score (nSPS) is 11.2. The van der Waals surface area contributed by atoms with Gasteiger partial charge in [0.25, 0.3) is 0 Å². The first kappa shape index (κ1) is 14.1. The lowest BCUT2D eigenvalue weighted by Crippen LogP contribution is -1.93. The predicted octanol–water partition coefficient (Wildman–Crippen LogP) is 4.06. The molecule has 1 heterocycles. The van der Waals surface area contributed by atoms with Crippen molar-refractivity contribution < 1.29 is 13.6 Å². The minimum atomic E-state index is -0.318. The van der Waals surface area contributed by atoms with Crippen LogP contribution in [0.15, 0.2) is 59.9 Å². The van der Waals surface area contributed by atoms with Gasteiger partial charge in [-0.1, -0.05) is 23.4 Å². The van der Waals surface area contributed by atoms with Gasteiger partial charge in [0, 0.05) is 17.1 Å². The lowest BCUT2D eigenvalue weighted by Gasteiger charge is -2.05. The Hall–Kier alpha value is -2.82. The molecule has 3 nitrogen and oxygen atoms in total. The molecule has 0 aliphatic heterocycles. The van der Waals surface area contributed by atoms with Gasteiger partial charge in [-0.25, -0.2) is 8.78 Å². The zero-order chi connectivity index (χ0) is 15.4. The highest BCUT2D eigenvalue weighted by atomic mass is 19.1. The van der Waals surface area contributed by atoms with Gasteiger partial charge in [0.2, 0.25) is 0 Å². The summed E-state index contributed by atoms with van der Waals surface area (Å²) in [7, 11) is 0. The zero-order valence-corrected chi connectivity index (χ0v) is 11.5. The van der Waals surface area contributed by atoms with Crippen LogP contribution in [0.5, 0.6) is 0 Å². The van der Waals surface area contributed by atoms with Crippen LogP contribution < -0.4 is 0 Å². The topological polar surface area (TPSA) is 34.5 Å². The second-order valence-corrected chi connectivity index (χ2v) is 4.67. The Balaban J connectivity index is 1.72. The highest BCUT2D eigenvalue weighted by Crippen LogP contribution is 2.20. The van der Waals surface area contributed by atoms with Crippen molar-refractivity contribution >= 4 is 17.1 Å². The number of hydrogen-bond donors (Lipinski definition) is 0. The molecule has 5 heteroatoms. The number of halogens is 2. The zero-order valence-electron chi connectivity index (χ0n) is 11.5. The molecule has 2 aromatic carbocycles. The van der Waals surface area contributed by atoms with E-state index in [1.165, 1.54) is 24.4 Å². The molecule has 0 saturated carbocycles. The van der Waals surface area contributed by atoms with Crippen LogP contribution >= 0.6 is 0 Å². The molecule has 1 aromatic heterocycles. The fourth-order valence-electron chi connectivity index (χ4n) is 2.07. The van der Waals surface area contributed by atoms with E-state index in [4.69, 9.17) is 4.84 Å². The van der Waals surface area contributed by atoms with Crippen molar-refractivity contribution in [2.45, 2.75) is 6.61 Å². The molecule has 0 aliphatic carbocycles. The molecule has 0 aliphatic rings. The summed E-state index contributed by atoms with van der Waals surface area (Å²) in [5.74, 6) is -0.622. The van der Waals surface area contributed by atoms with Gasteiger partial charge in [-0.05, 0) is 35.9 Å². The summed E-state index contributed by atoms with van der Waals surface area (Å²) in [5.41, 5.74) is 2.02. The molecular formula is C17H12F2N2O. The van der Waals surface area contributed by atoms with E-state index in [1.807, 2.05) is 0 Å². The molecular weight excluding hydrogens is 286 g/mol. The van der Waals surface area contributed by atoms with Gasteiger partial charge in [-0.15, -0.1) is 0 Å². The Kier molecular flexibility index (Phi) is 4.05. The Morgan fingerprint density at radius 1 is 1.05 bits per heavy atom. The Labute approximate surface area is 125 Å². The third kappa shape index (κ3) is 3.09. The molecule has 110 valence electrons. The molecule has 0 radical (unpaired) electrons. The lowest BCUT2D eigenvalue weighted by atomic mass is 10.1. The molecule has 3 aromatic rings. The number of nitrogens with zero attached hydrogens (tertiary/aromatic N) is 2. The fraction of sp³-hybridized carbons (Fsp3) is 0.0588. The van der Waals surface area contributed by atoms with Crippen LogP contribution in [0, 0.1) is 11.6 Å². The van der Waals surface area contributed by atoms with Crippen molar-refractivity contribution in [3.8, 4) is 0 Å². The van der Waals surface area contributed by atoms with E-state index >= 15 is 0 Å². The number of benzene rings is 2. The number of hydrogen-bond acceptors (Lipinski definition) is 3. The van der Waals surface area contributed by atoms with Crippen LogP contribution in [0.1, 0.15) is 11.1 Å². The van der Waals surface area contributed by atoms with E-state index in [1.54, 1.807) is 36.5 Å². The average molecular weight is 298 g/mol.